The number of rotatable bonds is 0. The summed E-state index contributed by atoms with van der Waals surface area (Å²) in [6, 6.07) is 6.33. The second-order valence-electron chi connectivity index (χ2n) is 3.48. The normalized spacial score (nSPS) is 17.4. The zero-order valence-electron chi connectivity index (χ0n) is 10.4. The molecule has 0 N–H and O–H groups in total. The van der Waals surface area contributed by atoms with Crippen molar-refractivity contribution < 1.29 is 4.74 Å². The zero-order valence-corrected chi connectivity index (χ0v) is 10.4. The summed E-state index contributed by atoms with van der Waals surface area (Å²) >= 11 is 0. The maximum Gasteiger partial charge on any atom is 0.123 e. The Morgan fingerprint density at radius 3 is 2.62 bits per heavy atom. The van der Waals surface area contributed by atoms with Gasteiger partial charge >= 0.3 is 0 Å². The van der Waals surface area contributed by atoms with Crippen LogP contribution in [0.5, 0.6) is 5.75 Å². The Bertz CT molecular complexity index is 375. The summed E-state index contributed by atoms with van der Waals surface area (Å²) in [5.74, 6) is 1.01. The van der Waals surface area contributed by atoms with E-state index in [0.29, 0.717) is 6.61 Å². The standard InChI is InChI=1S/C13H14O.C2H6/c1-11-7-8-13-12(10-11)6-4-2-3-5-9-14-13;1-2/h2-5,7-8,10H,6,9H2,1H3;1-2H3/b4-2-,5-3-;. The third kappa shape index (κ3) is 3.58. The summed E-state index contributed by atoms with van der Waals surface area (Å²) in [5.41, 5.74) is 2.55. The average molecular weight is 216 g/mol. The van der Waals surface area contributed by atoms with Gasteiger partial charge in [-0.05, 0) is 31.1 Å². The van der Waals surface area contributed by atoms with Gasteiger partial charge in [-0.3, -0.25) is 0 Å². The van der Waals surface area contributed by atoms with Crippen LogP contribution in [0.15, 0.2) is 42.5 Å². The highest BCUT2D eigenvalue weighted by Crippen LogP contribution is 2.21. The van der Waals surface area contributed by atoms with Crippen LogP contribution in [-0.4, -0.2) is 6.61 Å². The Morgan fingerprint density at radius 1 is 1.06 bits per heavy atom. The van der Waals surface area contributed by atoms with Crippen molar-refractivity contribution in [1.82, 2.24) is 0 Å². The minimum absolute atomic E-state index is 0.653. The molecule has 0 bridgehead atoms. The molecule has 0 saturated carbocycles. The molecule has 0 radical (unpaired) electrons. The second kappa shape index (κ2) is 6.89. The number of aryl methyl sites for hydroxylation is 1. The number of benzene rings is 1. The summed E-state index contributed by atoms with van der Waals surface area (Å²) in [7, 11) is 0. The molecule has 1 aromatic rings. The van der Waals surface area contributed by atoms with Crippen LogP contribution in [0.3, 0.4) is 0 Å². The first-order chi connectivity index (χ1) is 7.86. The fourth-order valence-corrected chi connectivity index (χ4v) is 1.55. The Balaban J connectivity index is 0.000000606. The van der Waals surface area contributed by atoms with E-state index in [1.807, 2.05) is 26.0 Å². The molecule has 0 spiro atoms. The first kappa shape index (κ1) is 12.6. The lowest BCUT2D eigenvalue weighted by atomic mass is 10.1. The van der Waals surface area contributed by atoms with Gasteiger partial charge in [-0.15, -0.1) is 0 Å². The van der Waals surface area contributed by atoms with Crippen LogP contribution in [0, 0.1) is 6.92 Å². The van der Waals surface area contributed by atoms with Gasteiger partial charge in [0, 0.05) is 0 Å². The van der Waals surface area contributed by atoms with Crippen molar-refractivity contribution in [3.8, 4) is 5.75 Å². The van der Waals surface area contributed by atoms with E-state index >= 15 is 0 Å². The summed E-state index contributed by atoms with van der Waals surface area (Å²) in [5, 5.41) is 0. The molecule has 0 amide bonds. The molecule has 1 nitrogen and oxygen atoms in total. The van der Waals surface area contributed by atoms with Gasteiger partial charge in [-0.25, -0.2) is 0 Å². The van der Waals surface area contributed by atoms with Gasteiger partial charge in [0.2, 0.25) is 0 Å². The molecule has 1 aromatic carbocycles. The smallest absolute Gasteiger partial charge is 0.123 e. The van der Waals surface area contributed by atoms with E-state index < -0.39 is 0 Å². The van der Waals surface area contributed by atoms with Gasteiger partial charge < -0.3 is 4.74 Å². The van der Waals surface area contributed by atoms with Gasteiger partial charge in [-0.1, -0.05) is 49.8 Å². The number of fused-ring (bicyclic) bond motifs is 1. The van der Waals surface area contributed by atoms with Crippen LogP contribution in [0.25, 0.3) is 0 Å². The van der Waals surface area contributed by atoms with E-state index in [9.17, 15) is 0 Å². The van der Waals surface area contributed by atoms with Crippen LogP contribution in [-0.2, 0) is 6.42 Å². The molecule has 0 fully saturated rings. The third-order valence-electron chi connectivity index (χ3n) is 2.27. The maximum atomic E-state index is 5.64. The van der Waals surface area contributed by atoms with E-state index in [-0.39, 0.29) is 0 Å². The van der Waals surface area contributed by atoms with Crippen LogP contribution in [0.1, 0.15) is 25.0 Å². The van der Waals surface area contributed by atoms with E-state index in [1.165, 1.54) is 11.1 Å². The molecule has 1 aliphatic heterocycles. The Labute approximate surface area is 98.5 Å². The number of hydrogen-bond donors (Lipinski definition) is 0. The van der Waals surface area contributed by atoms with Gasteiger partial charge in [0.05, 0.1) is 0 Å². The zero-order chi connectivity index (χ0) is 11.8. The second-order valence-corrected chi connectivity index (χ2v) is 3.48. The SMILES string of the molecule is CC.Cc1ccc2c(c1)C/C=C\C=C/CO2. The largest absolute Gasteiger partial charge is 0.489 e. The minimum atomic E-state index is 0.653. The lowest BCUT2D eigenvalue weighted by molar-refractivity contribution is 0.360. The molecule has 2 rings (SSSR count). The number of allylic oxidation sites excluding steroid dienone is 3. The summed E-state index contributed by atoms with van der Waals surface area (Å²) in [6.07, 6.45) is 9.22. The fraction of sp³-hybridized carbons (Fsp3) is 0.333. The molecule has 1 heteroatoms. The predicted molar refractivity (Wildman–Crippen MR) is 70.0 cm³/mol. The quantitative estimate of drug-likeness (QED) is 0.635. The molecule has 1 heterocycles. The summed E-state index contributed by atoms with van der Waals surface area (Å²) in [4.78, 5) is 0. The number of ether oxygens (including phenoxy) is 1. The van der Waals surface area contributed by atoms with Gasteiger partial charge in [-0.2, -0.15) is 0 Å². The molecule has 16 heavy (non-hydrogen) atoms. The monoisotopic (exact) mass is 216 g/mol. The molecule has 0 atom stereocenters. The number of hydrogen-bond acceptors (Lipinski definition) is 1. The highest BCUT2D eigenvalue weighted by atomic mass is 16.5. The first-order valence-electron chi connectivity index (χ1n) is 5.90. The lowest BCUT2D eigenvalue weighted by Gasteiger charge is -2.08. The molecule has 86 valence electrons. The van der Waals surface area contributed by atoms with Crippen molar-refractivity contribution in [2.24, 2.45) is 0 Å². The highest BCUT2D eigenvalue weighted by Gasteiger charge is 2.02. The van der Waals surface area contributed by atoms with Gasteiger partial charge in [0.1, 0.15) is 12.4 Å². The maximum absolute atomic E-state index is 5.64. The van der Waals surface area contributed by atoms with Crippen molar-refractivity contribution >= 4 is 0 Å². The summed E-state index contributed by atoms with van der Waals surface area (Å²) < 4.78 is 5.64. The molecule has 0 aliphatic carbocycles. The minimum Gasteiger partial charge on any atom is -0.489 e. The Hall–Kier alpha value is -1.50. The molecule has 0 unspecified atom stereocenters. The molecule has 1 aliphatic rings. The van der Waals surface area contributed by atoms with E-state index in [2.05, 4.69) is 37.3 Å². The topological polar surface area (TPSA) is 9.23 Å². The molecular formula is C15H20O. The Morgan fingerprint density at radius 2 is 1.81 bits per heavy atom. The van der Waals surface area contributed by atoms with Crippen LogP contribution in [0.4, 0.5) is 0 Å². The van der Waals surface area contributed by atoms with Crippen molar-refractivity contribution in [3.63, 3.8) is 0 Å². The van der Waals surface area contributed by atoms with E-state index in [0.717, 1.165) is 12.2 Å². The van der Waals surface area contributed by atoms with Crippen LogP contribution >= 0.6 is 0 Å². The van der Waals surface area contributed by atoms with Crippen molar-refractivity contribution in [3.05, 3.63) is 53.6 Å². The van der Waals surface area contributed by atoms with Crippen LogP contribution < -0.4 is 4.74 Å². The van der Waals surface area contributed by atoms with Crippen molar-refractivity contribution in [1.29, 1.82) is 0 Å². The lowest BCUT2D eigenvalue weighted by Crippen LogP contribution is -1.96. The Kier molecular flexibility index (Phi) is 5.41. The van der Waals surface area contributed by atoms with Crippen LogP contribution in [0.2, 0.25) is 0 Å². The first-order valence-corrected chi connectivity index (χ1v) is 5.90. The molecular weight excluding hydrogens is 196 g/mol. The van der Waals surface area contributed by atoms with Gasteiger partial charge in [0.25, 0.3) is 0 Å². The molecule has 0 saturated heterocycles. The van der Waals surface area contributed by atoms with Crippen molar-refractivity contribution in [2.75, 3.05) is 6.61 Å². The summed E-state index contributed by atoms with van der Waals surface area (Å²) in [6.45, 7) is 6.76. The van der Waals surface area contributed by atoms with Gasteiger partial charge in [0.15, 0.2) is 0 Å². The predicted octanol–water partition coefficient (Wildman–Crippen LogP) is 4.07. The van der Waals surface area contributed by atoms with E-state index in [4.69, 9.17) is 4.74 Å². The fourth-order valence-electron chi connectivity index (χ4n) is 1.55. The van der Waals surface area contributed by atoms with Crippen molar-refractivity contribution in [2.45, 2.75) is 27.2 Å². The highest BCUT2D eigenvalue weighted by molar-refractivity contribution is 5.38. The third-order valence-corrected chi connectivity index (χ3v) is 2.27. The van der Waals surface area contributed by atoms with E-state index in [1.54, 1.807) is 0 Å². The average Bonchev–Trinajstić information content (AvgIpc) is 2.43. The molecule has 0 aromatic heterocycles.